The molecule has 1 aliphatic rings. The minimum atomic E-state index is -1.36. The number of hydrogen-bond acceptors (Lipinski definition) is 12. The minimum absolute atomic E-state index is 0.243. The molecule has 0 saturated carbocycles. The Morgan fingerprint density at radius 2 is 1.34 bits per heavy atom. The molecular weight excluding hydrogens is 414 g/mol. The molecule has 12 nitrogen and oxygen atoms in total. The summed E-state index contributed by atoms with van der Waals surface area (Å²) in [7, 11) is 0. The zero-order valence-corrected chi connectivity index (χ0v) is 17.1. The van der Waals surface area contributed by atoms with E-state index in [1.165, 1.54) is 0 Å². The molecule has 1 rings (SSSR count). The van der Waals surface area contributed by atoms with Crippen LogP contribution in [-0.4, -0.2) is 72.9 Å². The van der Waals surface area contributed by atoms with Crippen molar-refractivity contribution in [2.45, 2.75) is 58.4 Å². The van der Waals surface area contributed by atoms with Gasteiger partial charge in [0.2, 0.25) is 12.2 Å². The van der Waals surface area contributed by atoms with E-state index in [2.05, 4.69) is 0 Å². The van der Waals surface area contributed by atoms with Crippen LogP contribution in [0.25, 0.3) is 0 Å². The van der Waals surface area contributed by atoms with E-state index in [1.807, 2.05) is 0 Å². The lowest BCUT2D eigenvalue weighted by molar-refractivity contribution is -0.286. The van der Waals surface area contributed by atoms with Crippen LogP contribution in [-0.2, 0) is 51.8 Å². The number of primary amides is 1. The van der Waals surface area contributed by atoms with Crippen LogP contribution >= 0.6 is 12.0 Å². The first-order valence-electron chi connectivity index (χ1n) is 8.38. The summed E-state index contributed by atoms with van der Waals surface area (Å²) in [5.74, 6) is -3.83. The summed E-state index contributed by atoms with van der Waals surface area (Å²) >= 11 is 0.614. The van der Waals surface area contributed by atoms with Crippen molar-refractivity contribution in [3.63, 3.8) is 0 Å². The van der Waals surface area contributed by atoms with Gasteiger partial charge < -0.3 is 29.4 Å². The Hall–Kier alpha value is -2.38. The third kappa shape index (κ3) is 8.66. The van der Waals surface area contributed by atoms with Crippen LogP contribution in [0.5, 0.6) is 0 Å². The van der Waals surface area contributed by atoms with E-state index in [0.29, 0.717) is 12.0 Å². The number of carbonyl (C=O) groups is 5. The predicted molar refractivity (Wildman–Crippen MR) is 94.7 cm³/mol. The van der Waals surface area contributed by atoms with Crippen molar-refractivity contribution in [1.82, 2.24) is 0 Å². The molecule has 0 aromatic carbocycles. The van der Waals surface area contributed by atoms with Gasteiger partial charge in [-0.2, -0.15) is 0 Å². The Morgan fingerprint density at radius 1 is 0.828 bits per heavy atom. The Labute approximate surface area is 170 Å². The third-order valence-corrected chi connectivity index (χ3v) is 4.04. The second kappa shape index (κ2) is 11.6. The monoisotopic (exact) mass is 437 g/mol. The molecule has 1 fully saturated rings. The number of hydrogen-bond donors (Lipinski definition) is 1. The van der Waals surface area contributed by atoms with Crippen molar-refractivity contribution < 1.29 is 51.8 Å². The van der Waals surface area contributed by atoms with Crippen LogP contribution in [0.4, 0.5) is 0 Å². The van der Waals surface area contributed by atoms with E-state index in [9.17, 15) is 24.0 Å². The molecule has 0 bridgehead atoms. The van der Waals surface area contributed by atoms with E-state index in [4.69, 9.17) is 33.6 Å². The lowest BCUT2D eigenvalue weighted by atomic mass is 9.98. The molecule has 0 radical (unpaired) electrons. The van der Waals surface area contributed by atoms with Gasteiger partial charge in [-0.3, -0.25) is 28.2 Å². The summed E-state index contributed by atoms with van der Waals surface area (Å²) in [6, 6.07) is 0. The highest BCUT2D eigenvalue weighted by Gasteiger charge is 2.53. The predicted octanol–water partition coefficient (Wildman–Crippen LogP) is -0.780. The van der Waals surface area contributed by atoms with E-state index < -0.39 is 60.5 Å². The smallest absolute Gasteiger partial charge is 0.303 e. The lowest BCUT2D eigenvalue weighted by Gasteiger charge is -2.43. The lowest BCUT2D eigenvalue weighted by Crippen LogP contribution is -2.62. The third-order valence-electron chi connectivity index (χ3n) is 3.31. The summed E-state index contributed by atoms with van der Waals surface area (Å²) in [6.45, 7) is 4.09. The molecule has 1 amide bonds. The average molecular weight is 437 g/mol. The van der Waals surface area contributed by atoms with Crippen molar-refractivity contribution >= 4 is 41.8 Å². The molecule has 164 valence electrons. The number of ether oxygens (including phenoxy) is 5. The Morgan fingerprint density at radius 3 is 1.83 bits per heavy atom. The highest BCUT2D eigenvalue weighted by Crippen LogP contribution is 2.31. The fourth-order valence-corrected chi connectivity index (χ4v) is 2.90. The summed E-state index contributed by atoms with van der Waals surface area (Å²) in [6.07, 6.45) is -6.46. The van der Waals surface area contributed by atoms with E-state index >= 15 is 0 Å². The molecule has 2 N–H and O–H groups in total. The van der Waals surface area contributed by atoms with Crippen molar-refractivity contribution in [1.29, 1.82) is 0 Å². The van der Waals surface area contributed by atoms with Gasteiger partial charge in [0.15, 0.2) is 18.3 Å². The molecule has 0 aromatic rings. The minimum Gasteiger partial charge on any atom is -0.463 e. The first-order valence-corrected chi connectivity index (χ1v) is 9.29. The van der Waals surface area contributed by atoms with Crippen LogP contribution in [0.1, 0.15) is 27.7 Å². The number of esters is 4. The number of carbonyl (C=O) groups excluding carboxylic acids is 5. The van der Waals surface area contributed by atoms with Crippen LogP contribution in [0.15, 0.2) is 0 Å². The molecule has 1 saturated heterocycles. The van der Waals surface area contributed by atoms with Crippen molar-refractivity contribution in [2.75, 3.05) is 12.4 Å². The van der Waals surface area contributed by atoms with Gasteiger partial charge in [0, 0.05) is 39.7 Å². The fourth-order valence-electron chi connectivity index (χ4n) is 2.43. The van der Waals surface area contributed by atoms with Gasteiger partial charge in [-0.1, -0.05) is 0 Å². The number of nitrogens with two attached hydrogens (primary N) is 1. The molecule has 29 heavy (non-hydrogen) atoms. The standard InChI is InChI=1S/C16H23NO11S/c1-7(18)23-5-11-13(24-8(2)19)14(25-9(3)20)15(26-10(4)21)16(27-11)28-29-6-12(17)22/h11,13-16H,5-6H2,1-4H3,(H2,17,22)/t11-,13+,14+,15-,16+/m1/s1. The van der Waals surface area contributed by atoms with Gasteiger partial charge in [0.05, 0.1) is 5.75 Å². The van der Waals surface area contributed by atoms with E-state index in [-0.39, 0.29) is 12.4 Å². The van der Waals surface area contributed by atoms with Crippen molar-refractivity contribution in [3.05, 3.63) is 0 Å². The molecule has 1 heterocycles. The molecule has 0 unspecified atom stereocenters. The Bertz CT molecular complexity index is 640. The summed E-state index contributed by atoms with van der Waals surface area (Å²) < 4.78 is 31.5. The maximum Gasteiger partial charge on any atom is 0.303 e. The maximum atomic E-state index is 11.6. The number of rotatable bonds is 9. The maximum absolute atomic E-state index is 11.6. The second-order valence-electron chi connectivity index (χ2n) is 5.89. The van der Waals surface area contributed by atoms with Crippen molar-refractivity contribution in [3.8, 4) is 0 Å². The van der Waals surface area contributed by atoms with Gasteiger partial charge in [0.1, 0.15) is 12.7 Å². The fraction of sp³-hybridized carbons (Fsp3) is 0.688. The van der Waals surface area contributed by atoms with Crippen LogP contribution in [0.3, 0.4) is 0 Å². The van der Waals surface area contributed by atoms with Crippen LogP contribution < -0.4 is 5.73 Å². The first kappa shape index (κ1) is 24.7. The van der Waals surface area contributed by atoms with Crippen LogP contribution in [0, 0.1) is 0 Å². The summed E-state index contributed by atoms with van der Waals surface area (Å²) in [5, 5.41) is 0. The molecular formula is C16H23NO11S. The normalized spacial score (nSPS) is 26.1. The van der Waals surface area contributed by atoms with Crippen LogP contribution in [0.2, 0.25) is 0 Å². The quantitative estimate of drug-likeness (QED) is 0.272. The van der Waals surface area contributed by atoms with Gasteiger partial charge in [-0.25, -0.2) is 0 Å². The SMILES string of the molecule is CC(=O)OC[C@H]1O[C@@H](OSCC(N)=O)[C@H](OC(C)=O)[C@@H](OC(C)=O)[C@H]1OC(C)=O. The van der Waals surface area contributed by atoms with Gasteiger partial charge in [-0.05, 0) is 0 Å². The van der Waals surface area contributed by atoms with Gasteiger partial charge in [0.25, 0.3) is 0 Å². The van der Waals surface area contributed by atoms with E-state index in [1.54, 1.807) is 0 Å². The Kier molecular flexibility index (Phi) is 9.85. The first-order chi connectivity index (χ1) is 13.5. The zero-order chi connectivity index (χ0) is 22.1. The largest absolute Gasteiger partial charge is 0.463 e. The Balaban J connectivity index is 3.22. The molecule has 5 atom stereocenters. The molecule has 1 aliphatic heterocycles. The van der Waals surface area contributed by atoms with Crippen molar-refractivity contribution in [2.24, 2.45) is 5.73 Å². The molecule has 0 aromatic heterocycles. The average Bonchev–Trinajstić information content (AvgIpc) is 2.56. The highest BCUT2D eigenvalue weighted by molar-refractivity contribution is 7.95. The highest BCUT2D eigenvalue weighted by atomic mass is 32.2. The van der Waals surface area contributed by atoms with E-state index in [0.717, 1.165) is 27.7 Å². The van der Waals surface area contributed by atoms with Gasteiger partial charge in [-0.15, -0.1) is 0 Å². The molecule has 0 aliphatic carbocycles. The summed E-state index contributed by atoms with van der Waals surface area (Å²) in [4.78, 5) is 56.9. The molecule has 0 spiro atoms. The van der Waals surface area contributed by atoms with Gasteiger partial charge >= 0.3 is 23.9 Å². The zero-order valence-electron chi connectivity index (χ0n) is 16.3. The number of amides is 1. The summed E-state index contributed by atoms with van der Waals surface area (Å²) in [5.41, 5.74) is 5.05. The topological polar surface area (TPSA) is 167 Å². The second-order valence-corrected chi connectivity index (χ2v) is 6.61. The molecule has 13 heteroatoms.